The number of imidazole rings is 1. The van der Waals surface area contributed by atoms with Crippen molar-refractivity contribution in [2.75, 3.05) is 13.1 Å². The van der Waals surface area contributed by atoms with Gasteiger partial charge in [-0.3, -0.25) is 20.0 Å². The highest BCUT2D eigenvalue weighted by molar-refractivity contribution is 5.99. The molecule has 0 atom stereocenters. The van der Waals surface area contributed by atoms with Crippen LogP contribution in [0.1, 0.15) is 35.6 Å². The first kappa shape index (κ1) is 25.5. The minimum absolute atomic E-state index is 0.00158. The second-order valence-corrected chi connectivity index (χ2v) is 8.32. The van der Waals surface area contributed by atoms with Gasteiger partial charge in [0.2, 0.25) is 5.90 Å². The van der Waals surface area contributed by atoms with Gasteiger partial charge in [-0.1, -0.05) is 6.07 Å². The minimum atomic E-state index is -4.65. The third-order valence-corrected chi connectivity index (χ3v) is 6.02. The third-order valence-electron chi connectivity index (χ3n) is 6.02. The average molecular weight is 513 g/mol. The fourth-order valence-electron chi connectivity index (χ4n) is 4.23. The van der Waals surface area contributed by atoms with Gasteiger partial charge >= 0.3 is 18.3 Å². The first-order chi connectivity index (χ1) is 17.0. The molecule has 2 heterocycles. The molecular weight excluding hydrogens is 492 g/mol. The summed E-state index contributed by atoms with van der Waals surface area (Å²) >= 11 is 0. The Hall–Kier alpha value is -3.61. The lowest BCUT2D eigenvalue weighted by Crippen LogP contribution is -2.35. The maximum absolute atomic E-state index is 14.9. The monoisotopic (exact) mass is 513 g/mol. The second-order valence-electron chi connectivity index (χ2n) is 8.32. The lowest BCUT2D eigenvalue weighted by atomic mass is 10.1. The summed E-state index contributed by atoms with van der Waals surface area (Å²) in [5, 5.41) is 17.8. The van der Waals surface area contributed by atoms with Crippen LogP contribution >= 0.6 is 0 Å². The van der Waals surface area contributed by atoms with Crippen LogP contribution in [0.15, 0.2) is 41.2 Å². The zero-order valence-corrected chi connectivity index (χ0v) is 18.6. The highest BCUT2D eigenvalue weighted by atomic mass is 19.4. The van der Waals surface area contributed by atoms with E-state index in [-0.39, 0.29) is 22.7 Å². The number of ether oxygens (including phenoxy) is 1. The fourth-order valence-corrected chi connectivity index (χ4v) is 4.23. The van der Waals surface area contributed by atoms with Gasteiger partial charge in [0.25, 0.3) is 5.90 Å². The van der Waals surface area contributed by atoms with Gasteiger partial charge in [-0.15, -0.1) is 0 Å². The molecule has 1 saturated heterocycles. The Labute approximate surface area is 200 Å². The Bertz CT molecular complexity index is 1370. The standard InChI is InChI=1S/C23H21F6N5O2/c24-16-9-12(20(30)36-21(31)19(25)26)1-2-13(16)11-33-18-10-14(23(27,28)29)3-4-17(18)34(22(33)35)15-5-7-32-8-6-15/h1-4,9-10,15,19,30-32H,5-8,11H2. The first-order valence-corrected chi connectivity index (χ1v) is 10.9. The number of hydrogen-bond acceptors (Lipinski definition) is 5. The molecule has 0 saturated carbocycles. The average Bonchev–Trinajstić information content (AvgIpc) is 3.10. The number of alkyl halides is 5. The Kier molecular flexibility index (Phi) is 6.94. The molecule has 192 valence electrons. The first-order valence-electron chi connectivity index (χ1n) is 10.9. The van der Waals surface area contributed by atoms with Crippen molar-refractivity contribution in [3.8, 4) is 0 Å². The minimum Gasteiger partial charge on any atom is -0.419 e. The molecule has 0 spiro atoms. The van der Waals surface area contributed by atoms with Crippen molar-refractivity contribution in [3.63, 3.8) is 0 Å². The Balaban J connectivity index is 1.74. The molecule has 1 aliphatic heterocycles. The van der Waals surface area contributed by atoms with Gasteiger partial charge in [-0.25, -0.2) is 9.18 Å². The van der Waals surface area contributed by atoms with Crippen LogP contribution in [0.4, 0.5) is 26.3 Å². The van der Waals surface area contributed by atoms with E-state index in [1.807, 2.05) is 0 Å². The predicted molar refractivity (Wildman–Crippen MR) is 119 cm³/mol. The Morgan fingerprint density at radius 3 is 2.39 bits per heavy atom. The van der Waals surface area contributed by atoms with Gasteiger partial charge in [0.05, 0.1) is 23.1 Å². The van der Waals surface area contributed by atoms with Crippen LogP contribution in [0, 0.1) is 16.6 Å². The molecule has 3 aromatic rings. The van der Waals surface area contributed by atoms with Crippen LogP contribution in [0.3, 0.4) is 0 Å². The van der Waals surface area contributed by atoms with Crippen LogP contribution < -0.4 is 11.0 Å². The molecule has 1 aromatic heterocycles. The molecule has 13 heteroatoms. The van der Waals surface area contributed by atoms with Crippen molar-refractivity contribution in [1.29, 1.82) is 10.8 Å². The van der Waals surface area contributed by atoms with E-state index >= 15 is 0 Å². The normalized spacial score (nSPS) is 15.0. The summed E-state index contributed by atoms with van der Waals surface area (Å²) in [6.45, 7) is 0.872. The topological polar surface area (TPSA) is 95.9 Å². The quantitative estimate of drug-likeness (QED) is 0.266. The lowest BCUT2D eigenvalue weighted by molar-refractivity contribution is -0.137. The van der Waals surface area contributed by atoms with E-state index in [2.05, 4.69) is 10.1 Å². The Morgan fingerprint density at radius 2 is 1.78 bits per heavy atom. The van der Waals surface area contributed by atoms with Gasteiger partial charge in [-0.2, -0.15) is 22.0 Å². The molecule has 0 bridgehead atoms. The van der Waals surface area contributed by atoms with Crippen LogP contribution in [0.25, 0.3) is 11.0 Å². The number of fused-ring (bicyclic) bond motifs is 1. The van der Waals surface area contributed by atoms with E-state index in [0.29, 0.717) is 31.4 Å². The highest BCUT2D eigenvalue weighted by Gasteiger charge is 2.32. The summed E-state index contributed by atoms with van der Waals surface area (Å²) in [6.07, 6.45) is -6.71. The van der Waals surface area contributed by atoms with E-state index in [0.717, 1.165) is 22.8 Å². The van der Waals surface area contributed by atoms with E-state index in [9.17, 15) is 31.1 Å². The van der Waals surface area contributed by atoms with Crippen LogP contribution in [0.2, 0.25) is 0 Å². The molecule has 1 aliphatic rings. The molecule has 1 fully saturated rings. The second kappa shape index (κ2) is 9.80. The smallest absolute Gasteiger partial charge is 0.416 e. The van der Waals surface area contributed by atoms with E-state index in [4.69, 9.17) is 10.8 Å². The Morgan fingerprint density at radius 1 is 1.08 bits per heavy atom. The summed E-state index contributed by atoms with van der Waals surface area (Å²) in [4.78, 5) is 13.4. The molecular formula is C23H21F6N5O2. The van der Waals surface area contributed by atoms with Crippen LogP contribution in [-0.2, 0) is 17.5 Å². The summed E-state index contributed by atoms with van der Waals surface area (Å²) in [6, 6.07) is 5.94. The third kappa shape index (κ3) is 5.01. The number of piperidine rings is 1. The number of halogens is 6. The van der Waals surface area contributed by atoms with E-state index in [1.54, 1.807) is 0 Å². The summed E-state index contributed by atoms with van der Waals surface area (Å²) in [7, 11) is 0. The van der Waals surface area contributed by atoms with Crippen molar-refractivity contribution in [3.05, 3.63) is 69.4 Å². The number of nitrogens with one attached hydrogen (secondary N) is 3. The molecule has 7 nitrogen and oxygen atoms in total. The molecule has 0 unspecified atom stereocenters. The van der Waals surface area contributed by atoms with Crippen LogP contribution in [-0.4, -0.2) is 40.4 Å². The van der Waals surface area contributed by atoms with Crippen molar-refractivity contribution in [2.24, 2.45) is 0 Å². The van der Waals surface area contributed by atoms with Crippen molar-refractivity contribution in [1.82, 2.24) is 14.5 Å². The van der Waals surface area contributed by atoms with Crippen molar-refractivity contribution < 1.29 is 31.1 Å². The van der Waals surface area contributed by atoms with Crippen molar-refractivity contribution in [2.45, 2.75) is 38.0 Å². The maximum atomic E-state index is 14.9. The summed E-state index contributed by atoms with van der Waals surface area (Å²) in [5.41, 5.74) is -1.53. The lowest BCUT2D eigenvalue weighted by Gasteiger charge is -2.23. The fraction of sp³-hybridized carbons (Fsp3) is 0.348. The largest absolute Gasteiger partial charge is 0.419 e. The molecule has 4 rings (SSSR count). The molecule has 0 radical (unpaired) electrons. The number of benzene rings is 2. The zero-order chi connectivity index (χ0) is 26.2. The molecule has 2 aromatic carbocycles. The van der Waals surface area contributed by atoms with Gasteiger partial charge in [0.1, 0.15) is 5.82 Å². The maximum Gasteiger partial charge on any atom is 0.416 e. The van der Waals surface area contributed by atoms with Crippen molar-refractivity contribution >= 4 is 22.8 Å². The molecule has 3 N–H and O–H groups in total. The highest BCUT2D eigenvalue weighted by Crippen LogP contribution is 2.33. The molecule has 0 amide bonds. The van der Waals surface area contributed by atoms with Gasteiger partial charge < -0.3 is 10.1 Å². The number of nitrogens with zero attached hydrogens (tertiary/aromatic N) is 2. The number of rotatable bonds is 5. The molecule has 36 heavy (non-hydrogen) atoms. The molecule has 0 aliphatic carbocycles. The van der Waals surface area contributed by atoms with Crippen LogP contribution in [0.5, 0.6) is 0 Å². The summed E-state index contributed by atoms with van der Waals surface area (Å²) in [5.74, 6) is -3.27. The number of hydrogen-bond donors (Lipinski definition) is 3. The van der Waals surface area contributed by atoms with E-state index < -0.39 is 48.0 Å². The SMILES string of the molecule is N=C(OC(=N)C(F)F)c1ccc(Cn2c(=O)n(C3CCNCC3)c3ccc(C(F)(F)F)cc32)c(F)c1. The zero-order valence-electron chi connectivity index (χ0n) is 18.6. The number of aromatic nitrogens is 2. The van der Waals surface area contributed by atoms with E-state index in [1.165, 1.54) is 22.8 Å². The van der Waals surface area contributed by atoms with Gasteiger partial charge in [0, 0.05) is 17.2 Å². The van der Waals surface area contributed by atoms with Gasteiger partial charge in [-0.05, 0) is 56.3 Å². The predicted octanol–water partition coefficient (Wildman–Crippen LogP) is 4.52. The summed E-state index contributed by atoms with van der Waals surface area (Å²) < 4.78 is 86.9. The van der Waals surface area contributed by atoms with Gasteiger partial charge in [0.15, 0.2) is 0 Å².